The molecule has 1 saturated carbocycles. The predicted molar refractivity (Wildman–Crippen MR) is 107 cm³/mol. The lowest BCUT2D eigenvalue weighted by molar-refractivity contribution is -0.133. The monoisotopic (exact) mass is 419 g/mol. The predicted octanol–water partition coefficient (Wildman–Crippen LogP) is 1.81. The average Bonchev–Trinajstić information content (AvgIpc) is 3.44. The van der Waals surface area contributed by atoms with Crippen LogP contribution >= 0.6 is 0 Å². The maximum atomic E-state index is 13.1. The molecule has 2 amide bonds. The van der Waals surface area contributed by atoms with Gasteiger partial charge in [0.15, 0.2) is 5.76 Å². The first-order chi connectivity index (χ1) is 13.8. The Morgan fingerprint density at radius 3 is 2.52 bits per heavy atom. The Labute approximate surface area is 169 Å². The number of carbonyl (C=O) groups excluding carboxylic acids is 2. The van der Waals surface area contributed by atoms with Crippen molar-refractivity contribution in [3.63, 3.8) is 0 Å². The summed E-state index contributed by atoms with van der Waals surface area (Å²) in [5.74, 6) is -0.741. The van der Waals surface area contributed by atoms with Gasteiger partial charge >= 0.3 is 0 Å². The third kappa shape index (κ3) is 3.82. The number of nitrogens with one attached hydrogen (secondary N) is 1. The van der Waals surface area contributed by atoms with Crippen LogP contribution in [0.3, 0.4) is 0 Å². The first-order valence-corrected chi connectivity index (χ1v) is 11.3. The van der Waals surface area contributed by atoms with Gasteiger partial charge in [0, 0.05) is 32.1 Å². The number of hydrogen-bond acceptors (Lipinski definition) is 6. The van der Waals surface area contributed by atoms with E-state index in [4.69, 9.17) is 4.42 Å². The normalized spacial score (nSPS) is 20.2. The minimum Gasteiger partial charge on any atom is -0.451 e. The number of amides is 2. The number of hydrogen-bond donors (Lipinski definition) is 1. The molecule has 29 heavy (non-hydrogen) atoms. The van der Waals surface area contributed by atoms with Crippen molar-refractivity contribution in [2.75, 3.05) is 27.2 Å². The minimum absolute atomic E-state index is 0.0587. The van der Waals surface area contributed by atoms with Gasteiger partial charge in [0.1, 0.15) is 5.58 Å². The molecular formula is C20H25N3O5S. The van der Waals surface area contributed by atoms with E-state index in [0.717, 1.165) is 36.5 Å². The van der Waals surface area contributed by atoms with Gasteiger partial charge in [-0.05, 0) is 56.5 Å². The van der Waals surface area contributed by atoms with Gasteiger partial charge in [-0.3, -0.25) is 14.5 Å². The molecule has 156 valence electrons. The standard InChI is InChI=1S/C20H25N3O5S/c1-22(2)29(26,27)16-7-8-17-14(10-16)11-18(28-17)20(25)23(15-5-6-15)19(24)13-4-3-9-21-12-13/h7-8,10-11,13,15,21H,3-6,9,12H2,1-2H3. The maximum Gasteiger partial charge on any atom is 0.296 e. The van der Waals surface area contributed by atoms with Crippen molar-refractivity contribution in [3.8, 4) is 0 Å². The molecule has 2 fully saturated rings. The smallest absolute Gasteiger partial charge is 0.296 e. The van der Waals surface area contributed by atoms with Crippen LogP contribution in [0.5, 0.6) is 0 Å². The average molecular weight is 420 g/mol. The summed E-state index contributed by atoms with van der Waals surface area (Å²) < 4.78 is 31.5. The van der Waals surface area contributed by atoms with Crippen molar-refractivity contribution in [1.29, 1.82) is 0 Å². The number of nitrogens with zero attached hydrogens (tertiary/aromatic N) is 2. The molecule has 2 heterocycles. The molecule has 1 atom stereocenters. The molecule has 8 nitrogen and oxygen atoms in total. The van der Waals surface area contributed by atoms with Crippen LogP contribution in [0.1, 0.15) is 36.2 Å². The summed E-state index contributed by atoms with van der Waals surface area (Å²) >= 11 is 0. The van der Waals surface area contributed by atoms with Crippen molar-refractivity contribution in [1.82, 2.24) is 14.5 Å². The first-order valence-electron chi connectivity index (χ1n) is 9.83. The van der Waals surface area contributed by atoms with E-state index in [1.54, 1.807) is 0 Å². The fourth-order valence-electron chi connectivity index (χ4n) is 3.65. The fourth-order valence-corrected chi connectivity index (χ4v) is 4.59. The highest BCUT2D eigenvalue weighted by atomic mass is 32.2. The zero-order valence-corrected chi connectivity index (χ0v) is 17.4. The number of piperidine rings is 1. The molecule has 0 bridgehead atoms. The maximum absolute atomic E-state index is 13.1. The van der Waals surface area contributed by atoms with E-state index >= 15 is 0 Å². The number of benzene rings is 1. The van der Waals surface area contributed by atoms with Gasteiger partial charge in [-0.25, -0.2) is 12.7 Å². The van der Waals surface area contributed by atoms with Gasteiger partial charge < -0.3 is 9.73 Å². The van der Waals surface area contributed by atoms with Gasteiger partial charge in [-0.15, -0.1) is 0 Å². The summed E-state index contributed by atoms with van der Waals surface area (Å²) in [5, 5.41) is 3.73. The molecule has 2 aliphatic rings. The third-order valence-electron chi connectivity index (χ3n) is 5.49. The Kier molecular flexibility index (Phi) is 5.22. The second-order valence-electron chi connectivity index (χ2n) is 7.89. The van der Waals surface area contributed by atoms with Crippen LogP contribution in [0.2, 0.25) is 0 Å². The molecule has 1 aromatic heterocycles. The number of fused-ring (bicyclic) bond motifs is 1. The molecule has 1 unspecified atom stereocenters. The van der Waals surface area contributed by atoms with Gasteiger partial charge in [-0.2, -0.15) is 0 Å². The van der Waals surface area contributed by atoms with Gasteiger partial charge in [-0.1, -0.05) is 0 Å². The van der Waals surface area contributed by atoms with E-state index in [2.05, 4.69) is 5.32 Å². The SMILES string of the molecule is CN(C)S(=O)(=O)c1ccc2oc(C(=O)N(C(=O)C3CCCNC3)C3CC3)cc2c1. The third-order valence-corrected chi connectivity index (χ3v) is 7.30. The van der Waals surface area contributed by atoms with E-state index in [0.29, 0.717) is 17.5 Å². The first kappa shape index (κ1) is 20.1. The molecule has 0 radical (unpaired) electrons. The van der Waals surface area contributed by atoms with E-state index in [-0.39, 0.29) is 28.5 Å². The van der Waals surface area contributed by atoms with Crippen molar-refractivity contribution in [2.45, 2.75) is 36.6 Å². The second-order valence-corrected chi connectivity index (χ2v) is 10.0. The topological polar surface area (TPSA) is 99.9 Å². The summed E-state index contributed by atoms with van der Waals surface area (Å²) in [6.07, 6.45) is 3.30. The van der Waals surface area contributed by atoms with Crippen molar-refractivity contribution < 1.29 is 22.4 Å². The largest absolute Gasteiger partial charge is 0.451 e. The molecule has 1 aliphatic heterocycles. The van der Waals surface area contributed by atoms with Crippen LogP contribution in [0.25, 0.3) is 11.0 Å². The van der Waals surface area contributed by atoms with E-state index in [9.17, 15) is 18.0 Å². The molecular weight excluding hydrogens is 394 g/mol. The molecule has 0 spiro atoms. The lowest BCUT2D eigenvalue weighted by Crippen LogP contribution is -2.46. The fraction of sp³-hybridized carbons (Fsp3) is 0.500. The van der Waals surface area contributed by atoms with Crippen molar-refractivity contribution >= 4 is 32.8 Å². The van der Waals surface area contributed by atoms with Crippen LogP contribution in [-0.2, 0) is 14.8 Å². The Morgan fingerprint density at radius 2 is 1.90 bits per heavy atom. The number of rotatable bonds is 5. The summed E-state index contributed by atoms with van der Waals surface area (Å²) in [4.78, 5) is 27.6. The Morgan fingerprint density at radius 1 is 1.14 bits per heavy atom. The van der Waals surface area contributed by atoms with E-state index in [1.165, 1.54) is 43.3 Å². The Balaban J connectivity index is 1.64. The molecule has 9 heteroatoms. The minimum atomic E-state index is -3.59. The van der Waals surface area contributed by atoms with Gasteiger partial charge in [0.2, 0.25) is 15.9 Å². The van der Waals surface area contributed by atoms with Gasteiger partial charge in [0.25, 0.3) is 5.91 Å². The highest BCUT2D eigenvalue weighted by Crippen LogP contribution is 2.32. The number of carbonyl (C=O) groups is 2. The zero-order valence-electron chi connectivity index (χ0n) is 16.6. The van der Waals surface area contributed by atoms with Crippen LogP contribution in [-0.4, -0.2) is 62.7 Å². The van der Waals surface area contributed by atoms with E-state index < -0.39 is 15.9 Å². The zero-order chi connectivity index (χ0) is 20.8. The lowest BCUT2D eigenvalue weighted by Gasteiger charge is -2.28. The molecule has 1 saturated heterocycles. The number of sulfonamides is 1. The molecule has 1 aliphatic carbocycles. The summed E-state index contributed by atoms with van der Waals surface area (Å²) in [7, 11) is -0.669. The van der Waals surface area contributed by atoms with Crippen LogP contribution in [0, 0.1) is 5.92 Å². The highest BCUT2D eigenvalue weighted by Gasteiger charge is 2.41. The Hall–Kier alpha value is -2.23. The molecule has 4 rings (SSSR count). The number of furan rings is 1. The number of imide groups is 1. The highest BCUT2D eigenvalue weighted by molar-refractivity contribution is 7.89. The molecule has 2 aromatic rings. The van der Waals surface area contributed by atoms with Crippen molar-refractivity contribution in [2.24, 2.45) is 5.92 Å². The molecule has 1 aromatic carbocycles. The van der Waals surface area contributed by atoms with Crippen molar-refractivity contribution in [3.05, 3.63) is 30.0 Å². The summed E-state index contributed by atoms with van der Waals surface area (Å²) in [6, 6.07) is 5.92. The lowest BCUT2D eigenvalue weighted by atomic mass is 9.98. The van der Waals surface area contributed by atoms with Gasteiger partial charge in [0.05, 0.1) is 10.8 Å². The van der Waals surface area contributed by atoms with Crippen LogP contribution in [0.15, 0.2) is 33.6 Å². The summed E-state index contributed by atoms with van der Waals surface area (Å²) in [5.41, 5.74) is 0.411. The van der Waals surface area contributed by atoms with E-state index in [1.807, 2.05) is 0 Å². The van der Waals surface area contributed by atoms with Crippen LogP contribution < -0.4 is 5.32 Å². The quantitative estimate of drug-likeness (QED) is 0.742. The van der Waals surface area contributed by atoms with Crippen LogP contribution in [0.4, 0.5) is 0 Å². The Bertz CT molecular complexity index is 1050. The second kappa shape index (κ2) is 7.55. The molecule has 1 N–H and O–H groups in total. The summed E-state index contributed by atoms with van der Waals surface area (Å²) in [6.45, 7) is 1.48.